The van der Waals surface area contributed by atoms with E-state index in [1.807, 2.05) is 0 Å². The molecule has 5 nitrogen and oxygen atoms in total. The second kappa shape index (κ2) is 8.01. The van der Waals surface area contributed by atoms with Gasteiger partial charge in [-0.1, -0.05) is 25.8 Å². The van der Waals surface area contributed by atoms with Gasteiger partial charge in [0, 0.05) is 18.3 Å². The Kier molecular flexibility index (Phi) is 6.66. The normalized spacial score (nSPS) is 11.4. The van der Waals surface area contributed by atoms with Crippen LogP contribution in [-0.4, -0.2) is 27.3 Å². The molecule has 0 aliphatic rings. The van der Waals surface area contributed by atoms with Crippen molar-refractivity contribution in [3.63, 3.8) is 0 Å². The number of hydrogen-bond acceptors (Lipinski definition) is 4. The Labute approximate surface area is 115 Å². The minimum Gasteiger partial charge on any atom is -0.492 e. The smallest absolute Gasteiger partial charge is 0.214 e. The second-order valence-corrected chi connectivity index (χ2v) is 6.27. The molecule has 0 atom stereocenters. The molecule has 0 saturated carbocycles. The molecule has 0 aromatic heterocycles. The molecule has 1 aromatic rings. The topological polar surface area (TPSA) is 81.4 Å². The highest BCUT2D eigenvalue weighted by Gasteiger charge is 2.09. The largest absolute Gasteiger partial charge is 0.492 e. The first-order chi connectivity index (χ1) is 9.03. The van der Waals surface area contributed by atoms with Crippen molar-refractivity contribution in [2.24, 2.45) is 0 Å². The lowest BCUT2D eigenvalue weighted by Gasteiger charge is -2.08. The molecule has 0 aliphatic carbocycles. The van der Waals surface area contributed by atoms with Crippen molar-refractivity contribution < 1.29 is 13.2 Å². The molecule has 0 radical (unpaired) electrons. The molecule has 0 saturated heterocycles. The summed E-state index contributed by atoms with van der Waals surface area (Å²) in [6.07, 6.45) is 2.97. The molecule has 0 aliphatic heterocycles. The van der Waals surface area contributed by atoms with E-state index in [1.54, 1.807) is 24.3 Å². The summed E-state index contributed by atoms with van der Waals surface area (Å²) >= 11 is 0. The molecular weight excluding hydrogens is 264 g/mol. The van der Waals surface area contributed by atoms with Crippen molar-refractivity contribution in [1.82, 2.24) is 4.72 Å². The maximum absolute atomic E-state index is 11.6. The maximum Gasteiger partial charge on any atom is 0.214 e. The lowest BCUT2D eigenvalue weighted by atomic mass is 10.3. The molecule has 0 amide bonds. The van der Waals surface area contributed by atoms with Crippen molar-refractivity contribution >= 4 is 15.7 Å². The van der Waals surface area contributed by atoms with E-state index in [4.69, 9.17) is 10.5 Å². The molecule has 0 unspecified atom stereocenters. The minimum absolute atomic E-state index is 0.0477. The van der Waals surface area contributed by atoms with E-state index in [0.717, 1.165) is 19.3 Å². The van der Waals surface area contributed by atoms with Gasteiger partial charge in [-0.25, -0.2) is 13.1 Å². The number of sulfonamides is 1. The van der Waals surface area contributed by atoms with Crippen LogP contribution in [0, 0.1) is 0 Å². The van der Waals surface area contributed by atoms with Gasteiger partial charge in [-0.2, -0.15) is 0 Å². The fourth-order valence-electron chi connectivity index (χ4n) is 1.55. The average Bonchev–Trinajstić information content (AvgIpc) is 2.35. The first-order valence-electron chi connectivity index (χ1n) is 6.49. The zero-order valence-corrected chi connectivity index (χ0v) is 12.1. The second-order valence-electron chi connectivity index (χ2n) is 4.34. The molecule has 0 bridgehead atoms. The van der Waals surface area contributed by atoms with Crippen LogP contribution in [0.4, 0.5) is 5.69 Å². The molecule has 6 heteroatoms. The minimum atomic E-state index is -3.25. The van der Waals surface area contributed by atoms with Crippen LogP contribution in [0.15, 0.2) is 24.3 Å². The fourth-order valence-corrected chi connectivity index (χ4v) is 2.45. The molecule has 0 heterocycles. The number of benzene rings is 1. The van der Waals surface area contributed by atoms with Gasteiger partial charge in [-0.05, 0) is 18.6 Å². The first kappa shape index (κ1) is 15.8. The summed E-state index contributed by atoms with van der Waals surface area (Å²) in [6, 6.07) is 6.93. The summed E-state index contributed by atoms with van der Waals surface area (Å²) in [5.74, 6) is 0.537. The predicted octanol–water partition coefficient (Wildman–Crippen LogP) is 1.76. The monoisotopic (exact) mass is 286 g/mol. The number of nitrogens with one attached hydrogen (secondary N) is 1. The molecule has 0 spiro atoms. The van der Waals surface area contributed by atoms with Crippen LogP contribution in [0.2, 0.25) is 0 Å². The summed E-state index contributed by atoms with van der Waals surface area (Å²) in [4.78, 5) is 0. The molecule has 108 valence electrons. The van der Waals surface area contributed by atoms with E-state index in [1.165, 1.54) is 0 Å². The molecule has 0 fully saturated rings. The van der Waals surface area contributed by atoms with E-state index >= 15 is 0 Å². The third-order valence-electron chi connectivity index (χ3n) is 2.58. The van der Waals surface area contributed by atoms with E-state index < -0.39 is 10.0 Å². The predicted molar refractivity (Wildman–Crippen MR) is 77.7 cm³/mol. The summed E-state index contributed by atoms with van der Waals surface area (Å²) in [6.45, 7) is 2.69. The van der Waals surface area contributed by atoms with Gasteiger partial charge >= 0.3 is 0 Å². The lowest BCUT2D eigenvalue weighted by molar-refractivity contribution is 0.340. The SMILES string of the molecule is CCCCCNS(=O)(=O)CCOc1cccc(N)c1. The average molecular weight is 286 g/mol. The van der Waals surface area contributed by atoms with Crippen LogP contribution in [-0.2, 0) is 10.0 Å². The van der Waals surface area contributed by atoms with Crippen LogP contribution in [0.3, 0.4) is 0 Å². The molecule has 1 rings (SSSR count). The fraction of sp³-hybridized carbons (Fsp3) is 0.538. The first-order valence-corrected chi connectivity index (χ1v) is 8.14. The lowest BCUT2D eigenvalue weighted by Crippen LogP contribution is -2.29. The van der Waals surface area contributed by atoms with Crippen LogP contribution in [0.1, 0.15) is 26.2 Å². The van der Waals surface area contributed by atoms with Crippen LogP contribution < -0.4 is 15.2 Å². The Morgan fingerprint density at radius 3 is 2.79 bits per heavy atom. The number of anilines is 1. The van der Waals surface area contributed by atoms with Crippen molar-refractivity contribution in [2.75, 3.05) is 24.6 Å². The summed E-state index contributed by atoms with van der Waals surface area (Å²) in [7, 11) is -3.25. The van der Waals surface area contributed by atoms with Gasteiger partial charge in [-0.3, -0.25) is 0 Å². The van der Waals surface area contributed by atoms with Gasteiger partial charge in [0.1, 0.15) is 12.4 Å². The molecule has 1 aromatic carbocycles. The van der Waals surface area contributed by atoms with E-state index in [2.05, 4.69) is 11.6 Å². The highest BCUT2D eigenvalue weighted by atomic mass is 32.2. The molecule has 3 N–H and O–H groups in total. The van der Waals surface area contributed by atoms with Crippen molar-refractivity contribution in [1.29, 1.82) is 0 Å². The maximum atomic E-state index is 11.6. The van der Waals surface area contributed by atoms with Crippen molar-refractivity contribution in [2.45, 2.75) is 26.2 Å². The van der Waals surface area contributed by atoms with E-state index in [0.29, 0.717) is 18.0 Å². The Morgan fingerprint density at radius 1 is 1.32 bits per heavy atom. The zero-order valence-electron chi connectivity index (χ0n) is 11.3. The third kappa shape index (κ3) is 7.03. The highest BCUT2D eigenvalue weighted by molar-refractivity contribution is 7.89. The van der Waals surface area contributed by atoms with Gasteiger partial charge in [0.05, 0.1) is 5.75 Å². The van der Waals surface area contributed by atoms with Crippen molar-refractivity contribution in [3.05, 3.63) is 24.3 Å². The standard InChI is InChI=1S/C13H22N2O3S/c1-2-3-4-8-15-19(16,17)10-9-18-13-7-5-6-12(14)11-13/h5-7,11,15H,2-4,8-10,14H2,1H3. The highest BCUT2D eigenvalue weighted by Crippen LogP contribution is 2.14. The molecule has 19 heavy (non-hydrogen) atoms. The summed E-state index contributed by atoms with van der Waals surface area (Å²) < 4.78 is 31.2. The molecular formula is C13H22N2O3S. The van der Waals surface area contributed by atoms with Gasteiger partial charge in [0.15, 0.2) is 0 Å². The number of unbranched alkanes of at least 4 members (excludes halogenated alkanes) is 2. The van der Waals surface area contributed by atoms with Crippen LogP contribution in [0.5, 0.6) is 5.75 Å². The number of rotatable bonds is 9. The Morgan fingerprint density at radius 2 is 2.11 bits per heavy atom. The van der Waals surface area contributed by atoms with E-state index in [-0.39, 0.29) is 12.4 Å². The Hall–Kier alpha value is -1.27. The van der Waals surface area contributed by atoms with Gasteiger partial charge in [0.2, 0.25) is 10.0 Å². The zero-order chi connectivity index (χ0) is 14.1. The van der Waals surface area contributed by atoms with Gasteiger partial charge in [-0.15, -0.1) is 0 Å². The third-order valence-corrected chi connectivity index (χ3v) is 3.93. The van der Waals surface area contributed by atoms with Gasteiger partial charge < -0.3 is 10.5 Å². The summed E-state index contributed by atoms with van der Waals surface area (Å²) in [5.41, 5.74) is 6.20. The van der Waals surface area contributed by atoms with Crippen LogP contribution >= 0.6 is 0 Å². The Bertz CT molecular complexity index is 475. The number of nitrogens with two attached hydrogens (primary N) is 1. The van der Waals surface area contributed by atoms with Crippen LogP contribution in [0.25, 0.3) is 0 Å². The van der Waals surface area contributed by atoms with Crippen molar-refractivity contribution in [3.8, 4) is 5.75 Å². The number of ether oxygens (including phenoxy) is 1. The quantitative estimate of drug-likeness (QED) is 0.535. The number of nitrogen functional groups attached to an aromatic ring is 1. The van der Waals surface area contributed by atoms with Gasteiger partial charge in [0.25, 0.3) is 0 Å². The summed E-state index contributed by atoms with van der Waals surface area (Å²) in [5, 5.41) is 0. The Balaban J connectivity index is 2.27. The van der Waals surface area contributed by atoms with E-state index in [9.17, 15) is 8.42 Å². The number of hydrogen-bond donors (Lipinski definition) is 2.